The average molecular weight is 979 g/mol. The van der Waals surface area contributed by atoms with Crippen molar-refractivity contribution in [2.24, 2.45) is 11.3 Å². The number of hydrazine groups is 1. The summed E-state index contributed by atoms with van der Waals surface area (Å²) in [5, 5.41) is 9.44. The molecular formula is C52H67FN10O8. The SMILES string of the molecule is CCn1c2c3c4cc(ccc41)-c1noc(n1)C[C@H](NC(=O)[C@H](C(C)C)N(C)C(=O)C1(F)CCN(C(=O)C#CC(C)(C)N(C)C)CC1)C(=O)N1CCC[C@H](N1)C(=O)OCC(C)(C)C3[C@H](OC)c1ncccc1-2. The van der Waals surface area contributed by atoms with Gasteiger partial charge in [-0.3, -0.25) is 38.9 Å². The van der Waals surface area contributed by atoms with E-state index in [-0.39, 0.29) is 63.1 Å². The van der Waals surface area contributed by atoms with Crippen LogP contribution in [0.2, 0.25) is 0 Å². The minimum absolute atomic E-state index is 0.0130. The molecule has 4 aliphatic rings. The predicted octanol–water partition coefficient (Wildman–Crippen LogP) is 4.82. The van der Waals surface area contributed by atoms with Crippen molar-refractivity contribution >= 4 is 40.5 Å². The fourth-order valence-electron chi connectivity index (χ4n) is 10.5. The van der Waals surface area contributed by atoms with E-state index in [4.69, 9.17) is 24.0 Å². The van der Waals surface area contributed by atoms with E-state index in [1.165, 1.54) is 17.0 Å². The second-order valence-corrected chi connectivity index (χ2v) is 21.1. The highest BCUT2D eigenvalue weighted by Crippen LogP contribution is 2.57. The lowest BCUT2D eigenvalue weighted by molar-refractivity contribution is -0.157. The largest absolute Gasteiger partial charge is 0.464 e. The van der Waals surface area contributed by atoms with E-state index in [9.17, 15) is 24.0 Å². The number of pyridine rings is 1. The molecule has 380 valence electrons. The van der Waals surface area contributed by atoms with Gasteiger partial charge in [0.05, 0.1) is 30.0 Å². The first-order valence-electron chi connectivity index (χ1n) is 24.6. The number of fused-ring (bicyclic) bond motifs is 8. The topological polar surface area (TPSA) is 198 Å². The molecule has 0 radical (unpaired) electrons. The second kappa shape index (κ2) is 19.8. The molecule has 3 aromatic heterocycles. The Morgan fingerprint density at radius 2 is 1.83 bits per heavy atom. The van der Waals surface area contributed by atoms with E-state index in [0.29, 0.717) is 24.9 Å². The lowest BCUT2D eigenvalue weighted by Gasteiger charge is -2.42. The highest BCUT2D eigenvalue weighted by Gasteiger charge is 2.49. The number of benzene rings is 1. The van der Waals surface area contributed by atoms with Crippen LogP contribution in [0.25, 0.3) is 33.5 Å². The zero-order valence-electron chi connectivity index (χ0n) is 42.7. The number of likely N-dealkylation sites (tertiary alicyclic amines) is 1. The van der Waals surface area contributed by atoms with Crippen LogP contribution in [0.15, 0.2) is 41.1 Å². The summed E-state index contributed by atoms with van der Waals surface area (Å²) in [6.45, 7) is 14.2. The number of esters is 1. The summed E-state index contributed by atoms with van der Waals surface area (Å²) in [7, 11) is 6.75. The number of amides is 4. The normalized spacial score (nSPS) is 22.5. The quantitative estimate of drug-likeness (QED) is 0.180. The van der Waals surface area contributed by atoms with Crippen LogP contribution in [0.4, 0.5) is 4.39 Å². The van der Waals surface area contributed by atoms with Crippen molar-refractivity contribution in [2.75, 3.05) is 54.5 Å². The molecule has 3 aliphatic heterocycles. The summed E-state index contributed by atoms with van der Waals surface area (Å²) in [6.07, 6.45) is 1.28. The smallest absolute Gasteiger partial charge is 0.324 e. The van der Waals surface area contributed by atoms with Crippen molar-refractivity contribution < 1.29 is 42.4 Å². The fourth-order valence-corrected chi connectivity index (χ4v) is 10.5. The highest BCUT2D eigenvalue weighted by atomic mass is 19.1. The number of hydrogen-bond donors (Lipinski definition) is 2. The first-order valence-corrected chi connectivity index (χ1v) is 24.6. The summed E-state index contributed by atoms with van der Waals surface area (Å²) < 4.78 is 37.3. The molecule has 5 atom stereocenters. The molecule has 2 N–H and O–H groups in total. The molecule has 19 heteroatoms. The molecule has 1 unspecified atom stereocenters. The third-order valence-electron chi connectivity index (χ3n) is 15.0. The van der Waals surface area contributed by atoms with Crippen LogP contribution in [-0.4, -0.2) is 153 Å². The van der Waals surface area contributed by atoms with E-state index in [1.54, 1.807) is 27.2 Å². The van der Waals surface area contributed by atoms with Crippen LogP contribution in [-0.2, 0) is 46.4 Å². The number of nitrogens with one attached hydrogen (secondary N) is 2. The Kier molecular flexibility index (Phi) is 14.2. The van der Waals surface area contributed by atoms with Crippen molar-refractivity contribution in [1.29, 1.82) is 0 Å². The van der Waals surface area contributed by atoms with E-state index in [2.05, 4.69) is 45.3 Å². The van der Waals surface area contributed by atoms with Gasteiger partial charge in [-0.15, -0.1) is 0 Å². The molecule has 8 rings (SSSR count). The molecule has 2 fully saturated rings. The molecule has 1 aromatic carbocycles. The Balaban J connectivity index is 1.11. The third-order valence-corrected chi connectivity index (χ3v) is 15.0. The van der Waals surface area contributed by atoms with Gasteiger partial charge in [0, 0.05) is 92.7 Å². The number of rotatable bonds is 8. The molecule has 0 saturated carbocycles. The number of carbonyl (C=O) groups is 5. The molecule has 6 bridgehead atoms. The van der Waals surface area contributed by atoms with E-state index >= 15 is 4.39 Å². The van der Waals surface area contributed by atoms with Crippen molar-refractivity contribution in [1.82, 2.24) is 50.1 Å². The van der Waals surface area contributed by atoms with Crippen molar-refractivity contribution in [2.45, 2.75) is 128 Å². The fraction of sp³-hybridized carbons (Fsp3) is 0.577. The summed E-state index contributed by atoms with van der Waals surface area (Å²) >= 11 is 0. The van der Waals surface area contributed by atoms with Gasteiger partial charge in [0.1, 0.15) is 24.2 Å². The van der Waals surface area contributed by atoms with Crippen LogP contribution in [0.5, 0.6) is 0 Å². The van der Waals surface area contributed by atoms with Gasteiger partial charge in [-0.1, -0.05) is 38.8 Å². The van der Waals surface area contributed by atoms with Gasteiger partial charge in [-0.2, -0.15) is 4.98 Å². The number of alkyl halides is 1. The molecule has 18 nitrogen and oxygen atoms in total. The number of hydrogen-bond acceptors (Lipinski definition) is 13. The first-order chi connectivity index (χ1) is 33.6. The molecule has 1 aliphatic carbocycles. The van der Waals surface area contributed by atoms with Gasteiger partial charge < -0.3 is 33.7 Å². The number of nitrogens with zero attached hydrogens (tertiary/aromatic N) is 8. The molecule has 0 spiro atoms. The summed E-state index contributed by atoms with van der Waals surface area (Å²) in [4.78, 5) is 84.4. The highest BCUT2D eigenvalue weighted by molar-refractivity contribution is 5.97. The molecule has 4 aromatic rings. The molecule has 6 heterocycles. The minimum Gasteiger partial charge on any atom is -0.464 e. The summed E-state index contributed by atoms with van der Waals surface area (Å²) in [5.41, 5.74) is 4.80. The van der Waals surface area contributed by atoms with Crippen LogP contribution < -0.4 is 10.7 Å². The van der Waals surface area contributed by atoms with Crippen molar-refractivity contribution in [3.8, 4) is 34.5 Å². The van der Waals surface area contributed by atoms with Crippen LogP contribution in [0.3, 0.4) is 0 Å². The number of methoxy groups -OCH3 is 1. The average Bonchev–Trinajstić information content (AvgIpc) is 3.95. The minimum atomic E-state index is -2.36. The predicted molar refractivity (Wildman–Crippen MR) is 261 cm³/mol. The number of carbonyl (C=O) groups excluding carboxylic acids is 5. The molecular weight excluding hydrogens is 912 g/mol. The Hall–Kier alpha value is -6.23. The van der Waals surface area contributed by atoms with Gasteiger partial charge in [-0.25, -0.2) is 9.82 Å². The van der Waals surface area contributed by atoms with Gasteiger partial charge in [0.15, 0.2) is 5.67 Å². The number of aryl methyl sites for hydroxylation is 1. The number of cyclic esters (lactones) is 1. The number of piperidine rings is 1. The van der Waals surface area contributed by atoms with Crippen LogP contribution >= 0.6 is 0 Å². The first kappa shape index (κ1) is 51.1. The number of likely N-dealkylation sites (N-methyl/N-ethyl adjacent to an activating group) is 1. The number of halogens is 1. The molecule has 71 heavy (non-hydrogen) atoms. The van der Waals surface area contributed by atoms with E-state index < -0.39 is 76.4 Å². The van der Waals surface area contributed by atoms with Crippen LogP contribution in [0.1, 0.15) is 103 Å². The lowest BCUT2D eigenvalue weighted by Crippen LogP contribution is -2.63. The summed E-state index contributed by atoms with van der Waals surface area (Å²) in [5.74, 6) is 1.86. The second-order valence-electron chi connectivity index (χ2n) is 21.1. The zero-order valence-corrected chi connectivity index (χ0v) is 42.7. The monoisotopic (exact) mass is 979 g/mol. The lowest BCUT2D eigenvalue weighted by atomic mass is 9.67. The summed E-state index contributed by atoms with van der Waals surface area (Å²) in [6, 6.07) is 6.48. The van der Waals surface area contributed by atoms with Gasteiger partial charge in [0.25, 0.3) is 17.7 Å². The zero-order chi connectivity index (χ0) is 51.3. The van der Waals surface area contributed by atoms with Crippen molar-refractivity contribution in [3.63, 3.8) is 0 Å². The Labute approximate surface area is 414 Å². The number of aromatic nitrogens is 4. The van der Waals surface area contributed by atoms with Crippen molar-refractivity contribution in [3.05, 3.63) is 53.7 Å². The van der Waals surface area contributed by atoms with Gasteiger partial charge in [0.2, 0.25) is 17.6 Å². The maximum absolute atomic E-state index is 16.7. The van der Waals surface area contributed by atoms with E-state index in [1.807, 2.05) is 71.0 Å². The van der Waals surface area contributed by atoms with Gasteiger partial charge >= 0.3 is 5.97 Å². The molecule has 2 saturated heterocycles. The number of ether oxygens (including phenoxy) is 2. The van der Waals surface area contributed by atoms with Gasteiger partial charge in [-0.05, 0) is 95.4 Å². The standard InChI is InChI=1S/C52H67FN10O8/c1-12-62-36-18-17-31-27-33(36)39-40(44(69-11)41-32(43(39)62)15-13-23-54-41)50(4,5)29-70-48(67)34-16-14-24-63(57-34)47(66)35(28-37-56-45(31)58-71-37)55-46(65)42(30(2)3)60(10)49(68)52(53)21-25-61(26-22-52)38(64)19-20-51(6,7)59(8)9/h13,15,17-18,23,27,30,34-35,40,42,44,57H,12,14,16,21-22,24-26,28-29H2,1-11H3,(H,55,65)/t34-,35-,40?,42-,44-/m0/s1. The molecule has 4 amide bonds. The maximum atomic E-state index is 16.7. The Morgan fingerprint density at radius 1 is 1.10 bits per heavy atom. The maximum Gasteiger partial charge on any atom is 0.324 e. The Bertz CT molecular complexity index is 2780. The Morgan fingerprint density at radius 3 is 2.51 bits per heavy atom. The third kappa shape index (κ3) is 9.65. The van der Waals surface area contributed by atoms with E-state index in [0.717, 1.165) is 38.3 Å². The van der Waals surface area contributed by atoms with Crippen LogP contribution in [0, 0.1) is 23.2 Å².